The van der Waals surface area contributed by atoms with Gasteiger partial charge in [0, 0.05) is 22.9 Å². The molecule has 0 unspecified atom stereocenters. The van der Waals surface area contributed by atoms with E-state index in [2.05, 4.69) is 26.9 Å². The van der Waals surface area contributed by atoms with E-state index in [9.17, 15) is 4.79 Å². The molecule has 3 aromatic heterocycles. The molecule has 0 aliphatic rings. The van der Waals surface area contributed by atoms with Gasteiger partial charge < -0.3 is 0 Å². The zero-order valence-electron chi connectivity index (χ0n) is 13.5. The summed E-state index contributed by atoms with van der Waals surface area (Å²) in [6, 6.07) is 3.26. The van der Waals surface area contributed by atoms with Crippen LogP contribution in [-0.4, -0.2) is 24.8 Å². The summed E-state index contributed by atoms with van der Waals surface area (Å²) in [5, 5.41) is 10.7. The highest BCUT2D eigenvalue weighted by Crippen LogP contribution is 2.25. The molecule has 3 aromatic rings. The fourth-order valence-corrected chi connectivity index (χ4v) is 2.61. The first-order valence-corrected chi connectivity index (χ1v) is 7.51. The van der Waals surface area contributed by atoms with E-state index >= 15 is 0 Å². The highest BCUT2D eigenvalue weighted by Gasteiger charge is 2.15. The quantitative estimate of drug-likeness (QED) is 0.750. The normalized spacial score (nSPS) is 12.2. The van der Waals surface area contributed by atoms with E-state index in [1.165, 1.54) is 10.6 Å². The Balaban J connectivity index is 2.33. The van der Waals surface area contributed by atoms with E-state index in [-0.39, 0.29) is 5.56 Å². The number of nitrogens with one attached hydrogen (secondary N) is 1. The molecule has 0 atom stereocenters. The van der Waals surface area contributed by atoms with Crippen LogP contribution in [0.5, 0.6) is 0 Å². The fourth-order valence-electron chi connectivity index (χ4n) is 2.61. The lowest BCUT2D eigenvalue weighted by atomic mass is 10.1. The van der Waals surface area contributed by atoms with Gasteiger partial charge in [-0.3, -0.25) is 9.89 Å². The van der Waals surface area contributed by atoms with E-state index in [1.807, 2.05) is 32.1 Å². The van der Waals surface area contributed by atoms with Crippen molar-refractivity contribution >= 4 is 11.2 Å². The van der Waals surface area contributed by atoms with Crippen molar-refractivity contribution in [3.05, 3.63) is 77.0 Å². The first-order chi connectivity index (χ1) is 11.7. The number of hydrogen-bond acceptors (Lipinski definition) is 4. The van der Waals surface area contributed by atoms with Gasteiger partial charge in [0.2, 0.25) is 0 Å². The largest absolute Gasteiger partial charge is 0.293 e. The van der Waals surface area contributed by atoms with Crippen molar-refractivity contribution in [2.45, 2.75) is 13.8 Å². The number of fused-ring (bicyclic) bond motifs is 1. The Morgan fingerprint density at radius 3 is 2.88 bits per heavy atom. The van der Waals surface area contributed by atoms with Crippen molar-refractivity contribution in [3.8, 4) is 11.3 Å². The van der Waals surface area contributed by atoms with Crippen LogP contribution in [0.1, 0.15) is 18.2 Å². The summed E-state index contributed by atoms with van der Waals surface area (Å²) in [5.41, 5.74) is 4.35. The number of allylic oxidation sites excluding steroid dienone is 5. The molecule has 0 radical (unpaired) electrons. The van der Waals surface area contributed by atoms with Crippen molar-refractivity contribution in [2.24, 2.45) is 0 Å². The number of rotatable bonds is 4. The van der Waals surface area contributed by atoms with Crippen LogP contribution in [0.4, 0.5) is 0 Å². The van der Waals surface area contributed by atoms with Crippen LogP contribution in [0, 0.1) is 6.92 Å². The molecule has 3 rings (SSSR count). The van der Waals surface area contributed by atoms with Gasteiger partial charge in [-0.15, -0.1) is 0 Å². The molecule has 6 nitrogen and oxygen atoms in total. The molecule has 0 saturated heterocycles. The maximum absolute atomic E-state index is 12.5. The van der Waals surface area contributed by atoms with Crippen molar-refractivity contribution < 1.29 is 0 Å². The second kappa shape index (κ2) is 6.45. The van der Waals surface area contributed by atoms with Crippen molar-refractivity contribution in [3.63, 3.8) is 0 Å². The van der Waals surface area contributed by atoms with Crippen LogP contribution in [0.3, 0.4) is 0 Å². The van der Waals surface area contributed by atoms with E-state index in [1.54, 1.807) is 24.5 Å². The van der Waals surface area contributed by atoms with Crippen LogP contribution in [0.25, 0.3) is 22.5 Å². The lowest BCUT2D eigenvalue weighted by Crippen LogP contribution is -2.14. The van der Waals surface area contributed by atoms with Gasteiger partial charge in [-0.05, 0) is 25.5 Å². The number of nitrogens with zero attached hydrogens (tertiary/aromatic N) is 4. The molecule has 24 heavy (non-hydrogen) atoms. The first-order valence-electron chi connectivity index (χ1n) is 7.51. The minimum atomic E-state index is -0.181. The third-order valence-electron chi connectivity index (χ3n) is 3.61. The van der Waals surface area contributed by atoms with E-state index in [0.29, 0.717) is 11.3 Å². The monoisotopic (exact) mass is 319 g/mol. The lowest BCUT2D eigenvalue weighted by Gasteiger charge is -2.03. The molecule has 6 heteroatoms. The minimum Gasteiger partial charge on any atom is -0.293 e. The maximum atomic E-state index is 12.5. The number of H-pyrrole nitrogens is 1. The number of hydrogen-bond donors (Lipinski definition) is 1. The SMILES string of the molecule is C=C/C=C(\C=C/C)c1c(C)[nH]n2c(=O)cc(-c3ccnnc3)nc12. The molecule has 0 fully saturated rings. The summed E-state index contributed by atoms with van der Waals surface area (Å²) in [6.45, 7) is 7.61. The Morgan fingerprint density at radius 1 is 1.38 bits per heavy atom. The average Bonchev–Trinajstić information content (AvgIpc) is 2.92. The molecule has 0 bridgehead atoms. The molecule has 3 heterocycles. The van der Waals surface area contributed by atoms with E-state index in [0.717, 1.165) is 22.4 Å². The highest BCUT2D eigenvalue weighted by molar-refractivity contribution is 5.84. The molecule has 0 aromatic carbocycles. The first kappa shape index (κ1) is 15.6. The second-order valence-corrected chi connectivity index (χ2v) is 5.24. The topological polar surface area (TPSA) is 75.9 Å². The zero-order chi connectivity index (χ0) is 17.1. The highest BCUT2D eigenvalue weighted by atomic mass is 16.1. The fraction of sp³-hybridized carbons (Fsp3) is 0.111. The Bertz CT molecular complexity index is 1010. The second-order valence-electron chi connectivity index (χ2n) is 5.24. The van der Waals surface area contributed by atoms with Gasteiger partial charge in [0.1, 0.15) is 0 Å². The minimum absolute atomic E-state index is 0.181. The molecular weight excluding hydrogens is 302 g/mol. The Labute approximate surface area is 138 Å². The standard InChI is InChI=1S/C18H17N5O/c1-4-6-13(7-5-2)17-12(3)22-23-16(24)10-15(21-18(17)23)14-8-9-19-20-11-14/h4-11,22H,1H2,2-3H3/b7-5-,13-6+. The van der Waals surface area contributed by atoms with Crippen LogP contribution in [0.2, 0.25) is 0 Å². The lowest BCUT2D eigenvalue weighted by molar-refractivity contribution is 0.882. The molecule has 0 aliphatic heterocycles. The van der Waals surface area contributed by atoms with Crippen LogP contribution in [-0.2, 0) is 0 Å². The molecule has 0 spiro atoms. The van der Waals surface area contributed by atoms with Gasteiger partial charge in [-0.25, -0.2) is 9.50 Å². The molecular formula is C18H17N5O. The van der Waals surface area contributed by atoms with Crippen molar-refractivity contribution in [1.82, 2.24) is 24.8 Å². The van der Waals surface area contributed by atoms with Crippen LogP contribution >= 0.6 is 0 Å². The molecule has 0 saturated carbocycles. The zero-order valence-corrected chi connectivity index (χ0v) is 13.5. The van der Waals surface area contributed by atoms with Crippen molar-refractivity contribution in [2.75, 3.05) is 0 Å². The summed E-state index contributed by atoms with van der Waals surface area (Å²) >= 11 is 0. The summed E-state index contributed by atoms with van der Waals surface area (Å²) < 4.78 is 1.45. The van der Waals surface area contributed by atoms with E-state index < -0.39 is 0 Å². The molecule has 0 amide bonds. The van der Waals surface area contributed by atoms with Crippen LogP contribution < -0.4 is 5.56 Å². The third kappa shape index (κ3) is 2.69. The smallest absolute Gasteiger partial charge is 0.273 e. The van der Waals surface area contributed by atoms with Gasteiger partial charge in [-0.1, -0.05) is 30.9 Å². The van der Waals surface area contributed by atoms with Gasteiger partial charge in [0.25, 0.3) is 5.56 Å². The predicted molar refractivity (Wildman–Crippen MR) is 94.6 cm³/mol. The maximum Gasteiger partial charge on any atom is 0.273 e. The van der Waals surface area contributed by atoms with E-state index in [4.69, 9.17) is 0 Å². The third-order valence-corrected chi connectivity index (χ3v) is 3.61. The van der Waals surface area contributed by atoms with Crippen molar-refractivity contribution in [1.29, 1.82) is 0 Å². The average molecular weight is 319 g/mol. The Hall–Kier alpha value is -3.28. The predicted octanol–water partition coefficient (Wildman–Crippen LogP) is 2.93. The summed E-state index contributed by atoms with van der Waals surface area (Å²) in [4.78, 5) is 17.1. The van der Waals surface area contributed by atoms with Gasteiger partial charge in [-0.2, -0.15) is 10.2 Å². The summed E-state index contributed by atoms with van der Waals surface area (Å²) in [6.07, 6.45) is 10.7. The number of aryl methyl sites for hydroxylation is 1. The Morgan fingerprint density at radius 2 is 2.21 bits per heavy atom. The molecule has 1 N–H and O–H groups in total. The van der Waals surface area contributed by atoms with Gasteiger partial charge in [0.15, 0.2) is 5.65 Å². The van der Waals surface area contributed by atoms with Gasteiger partial charge >= 0.3 is 0 Å². The number of aromatic nitrogens is 5. The molecule has 120 valence electrons. The van der Waals surface area contributed by atoms with Crippen LogP contribution in [0.15, 0.2) is 60.2 Å². The number of aromatic amines is 1. The molecule has 0 aliphatic carbocycles. The summed E-state index contributed by atoms with van der Waals surface area (Å²) in [5.74, 6) is 0. The summed E-state index contributed by atoms with van der Waals surface area (Å²) in [7, 11) is 0. The van der Waals surface area contributed by atoms with Gasteiger partial charge in [0.05, 0.1) is 18.1 Å². The Kier molecular flexibility index (Phi) is 4.20.